The maximum atomic E-state index is 13.2. The number of aliphatic hydroxyl groups excluding tert-OH is 2. The number of rotatable bonds is 10. The fourth-order valence-corrected chi connectivity index (χ4v) is 4.90. The van der Waals surface area contributed by atoms with E-state index >= 15 is 0 Å². The Labute approximate surface area is 180 Å². The van der Waals surface area contributed by atoms with Crippen LogP contribution in [0.1, 0.15) is 37.4 Å². The van der Waals surface area contributed by atoms with Crippen LogP contribution in [0, 0.1) is 0 Å². The van der Waals surface area contributed by atoms with Gasteiger partial charge in [0.05, 0.1) is 13.7 Å². The molecule has 31 heavy (non-hydrogen) atoms. The van der Waals surface area contributed by atoms with Gasteiger partial charge >= 0.3 is 13.6 Å². The van der Waals surface area contributed by atoms with Crippen LogP contribution in [0.4, 0.5) is 0 Å². The predicted molar refractivity (Wildman–Crippen MR) is 108 cm³/mol. The lowest BCUT2D eigenvalue weighted by molar-refractivity contribution is -0.765. The van der Waals surface area contributed by atoms with Crippen LogP contribution in [-0.2, 0) is 23.4 Å². The third kappa shape index (κ3) is 6.53. The van der Waals surface area contributed by atoms with Gasteiger partial charge in [0.25, 0.3) is 12.1 Å². The zero-order valence-corrected chi connectivity index (χ0v) is 18.7. The second-order valence-corrected chi connectivity index (χ2v) is 9.33. The van der Waals surface area contributed by atoms with E-state index in [0.717, 1.165) is 0 Å². The standard InChI is InChI=1S/C18H29N4O8P/c1-10(2)20-31(27,21-11(3)18(26)28-4)29-9-13-14(23)15(24)17(30-13)22-7-5-6-12(8-22)16(19)25/h5-8,10-11,13-15,17,23-24H,9H2,1-4H3,(H3-,19,20,21,25,27)/p+1/t11-,13+,14+,15+,17+,31?/m0/s1. The number of ether oxygens (including phenoxy) is 2. The minimum atomic E-state index is -3.75. The summed E-state index contributed by atoms with van der Waals surface area (Å²) in [4.78, 5) is 23.1. The first-order valence-electron chi connectivity index (χ1n) is 9.67. The van der Waals surface area contributed by atoms with Crippen molar-refractivity contribution in [2.45, 2.75) is 57.4 Å². The topological polar surface area (TPSA) is 173 Å². The number of nitrogens with zero attached hydrogens (tertiary/aromatic N) is 1. The van der Waals surface area contributed by atoms with Gasteiger partial charge in [0.1, 0.15) is 23.8 Å². The van der Waals surface area contributed by atoms with E-state index < -0.39 is 50.1 Å². The number of carbonyl (C=O) groups excluding carboxylic acids is 2. The molecule has 1 amide bonds. The molecule has 0 bridgehead atoms. The van der Waals surface area contributed by atoms with Gasteiger partial charge in [-0.25, -0.2) is 10.2 Å². The fraction of sp³-hybridized carbons (Fsp3) is 0.611. The van der Waals surface area contributed by atoms with Gasteiger partial charge in [-0.3, -0.25) is 14.2 Å². The highest BCUT2D eigenvalue weighted by Crippen LogP contribution is 2.40. The van der Waals surface area contributed by atoms with Crippen molar-refractivity contribution in [2.75, 3.05) is 13.7 Å². The van der Waals surface area contributed by atoms with Crippen molar-refractivity contribution >= 4 is 19.5 Å². The number of aliphatic hydroxyl groups is 2. The average molecular weight is 461 g/mol. The minimum absolute atomic E-state index is 0.194. The molecule has 2 heterocycles. The number of methoxy groups -OCH3 is 1. The van der Waals surface area contributed by atoms with Gasteiger partial charge in [0.2, 0.25) is 0 Å². The molecule has 0 aromatic carbocycles. The molecule has 174 valence electrons. The van der Waals surface area contributed by atoms with E-state index in [1.807, 2.05) is 0 Å². The highest BCUT2D eigenvalue weighted by atomic mass is 31.2. The van der Waals surface area contributed by atoms with Crippen LogP contribution in [-0.4, -0.2) is 66.2 Å². The Kier molecular flexibility index (Phi) is 8.66. The Morgan fingerprint density at radius 3 is 2.55 bits per heavy atom. The number of hydrogen-bond acceptors (Lipinski definition) is 8. The lowest BCUT2D eigenvalue weighted by atomic mass is 10.1. The van der Waals surface area contributed by atoms with Crippen LogP contribution in [0.25, 0.3) is 0 Å². The second-order valence-electron chi connectivity index (χ2n) is 7.46. The molecule has 6 N–H and O–H groups in total. The summed E-state index contributed by atoms with van der Waals surface area (Å²) in [7, 11) is -2.55. The molecule has 1 aromatic heterocycles. The van der Waals surface area contributed by atoms with Crippen molar-refractivity contribution < 1.29 is 42.9 Å². The van der Waals surface area contributed by atoms with E-state index in [0.29, 0.717) is 0 Å². The smallest absolute Gasteiger partial charge is 0.341 e. The van der Waals surface area contributed by atoms with E-state index in [2.05, 4.69) is 14.9 Å². The van der Waals surface area contributed by atoms with Crippen LogP contribution >= 0.6 is 7.67 Å². The highest BCUT2D eigenvalue weighted by Gasteiger charge is 2.49. The average Bonchev–Trinajstić information content (AvgIpc) is 2.99. The Hall–Kier alpha value is -1.92. The van der Waals surface area contributed by atoms with Crippen molar-refractivity contribution in [1.82, 2.24) is 10.2 Å². The molecule has 1 unspecified atom stereocenters. The first-order valence-corrected chi connectivity index (χ1v) is 11.3. The van der Waals surface area contributed by atoms with Gasteiger partial charge in [-0.2, -0.15) is 4.57 Å². The molecule has 6 atom stereocenters. The lowest BCUT2D eigenvalue weighted by Gasteiger charge is -2.26. The number of carbonyl (C=O) groups is 2. The zero-order chi connectivity index (χ0) is 23.3. The normalized spacial score (nSPS) is 26.4. The summed E-state index contributed by atoms with van der Waals surface area (Å²) in [5, 5.41) is 26.1. The highest BCUT2D eigenvalue weighted by molar-refractivity contribution is 7.54. The summed E-state index contributed by atoms with van der Waals surface area (Å²) in [6.07, 6.45) is -1.84. The maximum Gasteiger partial charge on any atom is 0.341 e. The van der Waals surface area contributed by atoms with Crippen LogP contribution in [0.15, 0.2) is 24.5 Å². The molecule has 0 spiro atoms. The minimum Gasteiger partial charge on any atom is -0.468 e. The number of aromatic nitrogens is 1. The molecular weight excluding hydrogens is 431 g/mol. The Morgan fingerprint density at radius 2 is 1.97 bits per heavy atom. The number of pyridine rings is 1. The van der Waals surface area contributed by atoms with Gasteiger partial charge in [0, 0.05) is 12.1 Å². The largest absolute Gasteiger partial charge is 0.468 e. The van der Waals surface area contributed by atoms with Crippen molar-refractivity contribution in [2.24, 2.45) is 5.73 Å². The molecule has 0 aliphatic carbocycles. The molecule has 0 radical (unpaired) electrons. The number of primary amides is 1. The number of hydrogen-bond donors (Lipinski definition) is 5. The lowest BCUT2D eigenvalue weighted by Crippen LogP contribution is -2.46. The van der Waals surface area contributed by atoms with E-state index in [9.17, 15) is 24.4 Å². The molecular formula is C18H30N4O8P+. The summed E-state index contributed by atoms with van der Waals surface area (Å²) in [5.41, 5.74) is 5.47. The molecule has 1 aliphatic heterocycles. The molecule has 1 aliphatic rings. The maximum absolute atomic E-state index is 13.2. The van der Waals surface area contributed by atoms with Gasteiger partial charge in [-0.1, -0.05) is 0 Å². The summed E-state index contributed by atoms with van der Waals surface area (Å²) in [6, 6.07) is 1.86. The molecule has 0 saturated carbocycles. The van der Waals surface area contributed by atoms with E-state index in [1.165, 1.54) is 30.9 Å². The molecule has 2 rings (SSSR count). The predicted octanol–water partition coefficient (Wildman–Crippen LogP) is -1.03. The summed E-state index contributed by atoms with van der Waals surface area (Å²) < 4.78 is 30.4. The molecule has 1 aromatic rings. The van der Waals surface area contributed by atoms with E-state index in [-0.39, 0.29) is 18.2 Å². The van der Waals surface area contributed by atoms with E-state index in [4.69, 9.17) is 15.0 Å². The molecule has 13 heteroatoms. The Balaban J connectivity index is 2.11. The molecule has 12 nitrogen and oxygen atoms in total. The van der Waals surface area contributed by atoms with Crippen LogP contribution in [0.5, 0.6) is 0 Å². The molecule has 1 saturated heterocycles. The van der Waals surface area contributed by atoms with Gasteiger partial charge in [-0.05, 0) is 26.8 Å². The number of nitrogens with two attached hydrogens (primary N) is 1. The first kappa shape index (κ1) is 25.3. The van der Waals surface area contributed by atoms with Crippen LogP contribution in [0.3, 0.4) is 0 Å². The number of esters is 1. The van der Waals surface area contributed by atoms with Crippen molar-refractivity contribution in [3.8, 4) is 0 Å². The molecule has 1 fully saturated rings. The van der Waals surface area contributed by atoms with Crippen molar-refractivity contribution in [1.29, 1.82) is 0 Å². The second kappa shape index (κ2) is 10.6. The van der Waals surface area contributed by atoms with Gasteiger partial charge in [-0.15, -0.1) is 0 Å². The van der Waals surface area contributed by atoms with Gasteiger partial charge in [0.15, 0.2) is 18.5 Å². The summed E-state index contributed by atoms with van der Waals surface area (Å²) in [5.74, 6) is -1.29. The monoisotopic (exact) mass is 461 g/mol. The summed E-state index contributed by atoms with van der Waals surface area (Å²) >= 11 is 0. The number of amides is 1. The van der Waals surface area contributed by atoms with Crippen LogP contribution in [0.2, 0.25) is 0 Å². The third-order valence-electron chi connectivity index (χ3n) is 4.50. The SMILES string of the molecule is COC(=O)[C@H](C)NP(=O)(NC(C)C)OC[C@H]1O[C@@H]([n+]2cccc(C(N)=O)c2)[C@H](O)[C@@H]1O. The fourth-order valence-electron chi connectivity index (χ4n) is 3.02. The Morgan fingerprint density at radius 1 is 1.29 bits per heavy atom. The first-order chi connectivity index (χ1) is 14.5. The Bertz CT molecular complexity index is 839. The van der Waals surface area contributed by atoms with Crippen molar-refractivity contribution in [3.05, 3.63) is 30.1 Å². The number of nitrogens with one attached hydrogen (secondary N) is 2. The quantitative estimate of drug-likeness (QED) is 0.165. The van der Waals surface area contributed by atoms with E-state index in [1.54, 1.807) is 26.1 Å². The van der Waals surface area contributed by atoms with Crippen molar-refractivity contribution in [3.63, 3.8) is 0 Å². The third-order valence-corrected chi connectivity index (χ3v) is 6.60. The zero-order valence-electron chi connectivity index (χ0n) is 17.8. The van der Waals surface area contributed by atoms with Crippen LogP contribution < -0.4 is 20.5 Å². The van der Waals surface area contributed by atoms with Gasteiger partial charge < -0.3 is 29.9 Å². The summed E-state index contributed by atoms with van der Waals surface area (Å²) in [6.45, 7) is 4.59.